The van der Waals surface area contributed by atoms with Crippen LogP contribution in [0.3, 0.4) is 0 Å². The Labute approximate surface area is 239 Å². The lowest BCUT2D eigenvalue weighted by molar-refractivity contribution is -0.156. The Morgan fingerprint density at radius 3 is 2.27 bits per heavy atom. The number of allylic oxidation sites excluding steroid dienone is 3. The Hall–Kier alpha value is -3.40. The molecule has 3 aliphatic rings. The van der Waals surface area contributed by atoms with Crippen LogP contribution in [0.5, 0.6) is 0 Å². The van der Waals surface area contributed by atoms with E-state index in [1.165, 1.54) is 26.0 Å². The maximum absolute atomic E-state index is 14.1. The smallest absolute Gasteiger partial charge is 0.381 e. The van der Waals surface area contributed by atoms with Gasteiger partial charge in [-0.25, -0.2) is 5.01 Å². The second kappa shape index (κ2) is 10.8. The lowest BCUT2D eigenvalue weighted by Crippen LogP contribution is -2.64. The monoisotopic (exact) mass is 572 g/mol. The topological polar surface area (TPSA) is 76.5 Å². The average Bonchev–Trinajstić information content (AvgIpc) is 3.04. The van der Waals surface area contributed by atoms with Crippen molar-refractivity contribution in [3.8, 4) is 0 Å². The van der Waals surface area contributed by atoms with Crippen LogP contribution in [0.4, 0.5) is 13.2 Å². The zero-order valence-electron chi connectivity index (χ0n) is 24.7. The van der Waals surface area contributed by atoms with Crippen LogP contribution in [0.15, 0.2) is 64.6 Å². The van der Waals surface area contributed by atoms with Crippen molar-refractivity contribution in [3.05, 3.63) is 70.6 Å². The predicted octanol–water partition coefficient (Wildman–Crippen LogP) is 5.34. The molecule has 1 fully saturated rings. The normalized spacial score (nSPS) is 21.5. The van der Waals surface area contributed by atoms with E-state index >= 15 is 0 Å². The van der Waals surface area contributed by atoms with Crippen LogP contribution >= 0.6 is 0 Å². The Kier molecular flexibility index (Phi) is 8.03. The molecule has 2 amide bonds. The Morgan fingerprint density at radius 1 is 1.10 bits per heavy atom. The van der Waals surface area contributed by atoms with Crippen LogP contribution in [-0.4, -0.2) is 68.2 Å². The number of amides is 2. The second-order valence-corrected chi connectivity index (χ2v) is 12.5. The molecule has 10 heteroatoms. The van der Waals surface area contributed by atoms with Crippen LogP contribution < -0.4 is 0 Å². The van der Waals surface area contributed by atoms with Gasteiger partial charge in [-0.3, -0.25) is 9.59 Å². The van der Waals surface area contributed by atoms with Crippen LogP contribution in [0.1, 0.15) is 66.0 Å². The molecule has 222 valence electrons. The van der Waals surface area contributed by atoms with Gasteiger partial charge in [0, 0.05) is 37.0 Å². The third-order valence-electron chi connectivity index (χ3n) is 7.84. The molecule has 1 unspecified atom stereocenters. The molecule has 0 aromatic heterocycles. The number of piperazine rings is 1. The van der Waals surface area contributed by atoms with Crippen LogP contribution in [-0.2, 0) is 15.8 Å². The zero-order valence-corrected chi connectivity index (χ0v) is 24.7. The van der Waals surface area contributed by atoms with Gasteiger partial charge in [-0.05, 0) is 69.7 Å². The highest BCUT2D eigenvalue weighted by atomic mass is 19.4. The van der Waals surface area contributed by atoms with Crippen molar-refractivity contribution < 1.29 is 27.9 Å². The minimum absolute atomic E-state index is 0.102. The SMILES string of the molecule is CC(C)C1=CC(c2ccc(C(F)(F)F)cc2)=NN2C=C(C(=O)N3CCN(C(=O)C(C)(C)O)CC3(C)C)C(C)CC=C12. The number of hydrogen-bond donors (Lipinski definition) is 1. The van der Waals surface area contributed by atoms with Crippen molar-refractivity contribution in [3.63, 3.8) is 0 Å². The molecule has 3 heterocycles. The second-order valence-electron chi connectivity index (χ2n) is 12.5. The van der Waals surface area contributed by atoms with Gasteiger partial charge in [0.2, 0.25) is 0 Å². The number of hydrogen-bond acceptors (Lipinski definition) is 5. The van der Waals surface area contributed by atoms with Crippen LogP contribution in [0.25, 0.3) is 0 Å². The first kappa shape index (κ1) is 30.6. The number of aliphatic hydroxyl groups is 1. The van der Waals surface area contributed by atoms with Gasteiger partial charge in [0.25, 0.3) is 11.8 Å². The molecular formula is C31H39F3N4O3. The summed E-state index contributed by atoms with van der Waals surface area (Å²) in [6.07, 6.45) is 1.89. The molecule has 0 saturated carbocycles. The van der Waals surface area contributed by atoms with Gasteiger partial charge in [-0.2, -0.15) is 18.3 Å². The van der Waals surface area contributed by atoms with Crippen molar-refractivity contribution in [2.75, 3.05) is 19.6 Å². The molecule has 0 radical (unpaired) electrons. The van der Waals surface area contributed by atoms with Crippen molar-refractivity contribution in [2.24, 2.45) is 16.9 Å². The maximum atomic E-state index is 14.1. The number of halogens is 3. The molecule has 3 aliphatic heterocycles. The molecule has 1 aromatic rings. The minimum atomic E-state index is -4.43. The summed E-state index contributed by atoms with van der Waals surface area (Å²) in [5.74, 6) is -0.546. The molecular weight excluding hydrogens is 533 g/mol. The first-order valence-electron chi connectivity index (χ1n) is 13.9. The first-order valence-corrected chi connectivity index (χ1v) is 13.9. The highest BCUT2D eigenvalue weighted by Crippen LogP contribution is 2.36. The summed E-state index contributed by atoms with van der Waals surface area (Å²) in [4.78, 5) is 30.1. The van der Waals surface area contributed by atoms with E-state index in [4.69, 9.17) is 5.10 Å². The Balaban J connectivity index is 1.67. The third-order valence-corrected chi connectivity index (χ3v) is 7.84. The van der Waals surface area contributed by atoms with Crippen LogP contribution in [0, 0.1) is 11.8 Å². The van der Waals surface area contributed by atoms with Gasteiger partial charge in [0.05, 0.1) is 22.5 Å². The Morgan fingerprint density at radius 2 is 1.73 bits per heavy atom. The quantitative estimate of drug-likeness (QED) is 0.529. The number of alkyl halides is 3. The van der Waals surface area contributed by atoms with E-state index in [9.17, 15) is 27.9 Å². The molecule has 0 aliphatic carbocycles. The fourth-order valence-corrected chi connectivity index (χ4v) is 5.48. The van der Waals surface area contributed by atoms with Gasteiger partial charge in [0.15, 0.2) is 0 Å². The fourth-order valence-electron chi connectivity index (χ4n) is 5.48. The number of rotatable bonds is 4. The van der Waals surface area contributed by atoms with Gasteiger partial charge < -0.3 is 14.9 Å². The maximum Gasteiger partial charge on any atom is 0.416 e. The number of carbonyl (C=O) groups is 2. The number of carbonyl (C=O) groups excluding carboxylic acids is 2. The summed E-state index contributed by atoms with van der Waals surface area (Å²) in [6.45, 7) is 13.7. The number of fused-ring (bicyclic) bond motifs is 1. The molecule has 41 heavy (non-hydrogen) atoms. The van der Waals surface area contributed by atoms with Crippen molar-refractivity contribution in [1.82, 2.24) is 14.8 Å². The molecule has 4 rings (SSSR count). The highest BCUT2D eigenvalue weighted by molar-refractivity contribution is 6.10. The molecule has 1 atom stereocenters. The van der Waals surface area contributed by atoms with E-state index in [1.807, 2.05) is 40.7 Å². The summed E-state index contributed by atoms with van der Waals surface area (Å²) in [7, 11) is 0. The van der Waals surface area contributed by atoms with Gasteiger partial charge in [-0.1, -0.05) is 39.0 Å². The summed E-state index contributed by atoms with van der Waals surface area (Å²) in [6, 6.07) is 4.92. The largest absolute Gasteiger partial charge is 0.416 e. The summed E-state index contributed by atoms with van der Waals surface area (Å²) in [5, 5.41) is 16.7. The number of hydrazone groups is 1. The van der Waals surface area contributed by atoms with Gasteiger partial charge in [-0.15, -0.1) is 0 Å². The van der Waals surface area contributed by atoms with E-state index in [0.29, 0.717) is 36.4 Å². The van der Waals surface area contributed by atoms with Crippen LogP contribution in [0.2, 0.25) is 0 Å². The average molecular weight is 573 g/mol. The molecule has 1 saturated heterocycles. The summed E-state index contributed by atoms with van der Waals surface area (Å²) in [5.41, 5.74) is 0.539. The molecule has 1 N–H and O–H groups in total. The Bertz CT molecular complexity index is 1330. The van der Waals surface area contributed by atoms with Crippen molar-refractivity contribution >= 4 is 17.5 Å². The zero-order chi connectivity index (χ0) is 30.5. The molecule has 0 bridgehead atoms. The third kappa shape index (κ3) is 6.27. The van der Waals surface area contributed by atoms with Gasteiger partial charge >= 0.3 is 6.18 Å². The van der Waals surface area contributed by atoms with E-state index in [2.05, 4.69) is 6.08 Å². The standard InChI is InChI=1S/C31H39F3N4O3/c1-19(2)23-16-25(21-9-11-22(12-10-21)31(32,33)34)35-38-17-24(20(3)8-13-26(23)38)27(39)37-15-14-36(18-29(37,4)5)28(40)30(6,7)41/h9-13,16-17,19-20,41H,8,14-15,18H2,1-7H3. The summed E-state index contributed by atoms with van der Waals surface area (Å²) >= 11 is 0. The minimum Gasteiger partial charge on any atom is -0.381 e. The lowest BCUT2D eigenvalue weighted by Gasteiger charge is -2.48. The molecule has 7 nitrogen and oxygen atoms in total. The lowest BCUT2D eigenvalue weighted by atomic mass is 9.91. The van der Waals surface area contributed by atoms with E-state index in [1.54, 1.807) is 21.0 Å². The highest BCUT2D eigenvalue weighted by Gasteiger charge is 2.43. The number of benzene rings is 1. The molecule has 0 spiro atoms. The van der Waals surface area contributed by atoms with E-state index in [-0.39, 0.29) is 30.2 Å². The van der Waals surface area contributed by atoms with Gasteiger partial charge in [0.1, 0.15) is 5.60 Å². The van der Waals surface area contributed by atoms with E-state index < -0.39 is 22.9 Å². The first-order chi connectivity index (χ1) is 18.9. The fraction of sp³-hybridized carbons (Fsp3) is 0.516. The van der Waals surface area contributed by atoms with Crippen molar-refractivity contribution in [2.45, 2.75) is 72.2 Å². The van der Waals surface area contributed by atoms with E-state index in [0.717, 1.165) is 23.4 Å². The van der Waals surface area contributed by atoms with Crippen molar-refractivity contribution in [1.29, 1.82) is 0 Å². The summed E-state index contributed by atoms with van der Waals surface area (Å²) < 4.78 is 39.4. The number of nitrogens with zero attached hydrogens (tertiary/aromatic N) is 4. The molecule has 1 aromatic carbocycles. The predicted molar refractivity (Wildman–Crippen MR) is 151 cm³/mol.